The van der Waals surface area contributed by atoms with Crippen LogP contribution in [0.15, 0.2) is 72.8 Å². The normalized spacial score (nSPS) is 13.9. The van der Waals surface area contributed by atoms with Gasteiger partial charge in [-0.2, -0.15) is 0 Å². The number of anilines is 1. The van der Waals surface area contributed by atoms with Gasteiger partial charge in [-0.15, -0.1) is 12.4 Å². The van der Waals surface area contributed by atoms with Crippen molar-refractivity contribution in [2.75, 3.05) is 18.1 Å². The third-order valence-electron chi connectivity index (χ3n) is 6.08. The van der Waals surface area contributed by atoms with E-state index in [9.17, 15) is 9.90 Å². The molecule has 6 nitrogen and oxygen atoms in total. The molecule has 0 bridgehead atoms. The molecular weight excluding hydrogens is 488 g/mol. The maximum Gasteiger partial charge on any atom is 0.227 e. The summed E-state index contributed by atoms with van der Waals surface area (Å²) in [7, 11) is 0. The van der Waals surface area contributed by atoms with Crippen molar-refractivity contribution in [1.29, 1.82) is 0 Å². The first-order valence-electron chi connectivity index (χ1n) is 12.5. The van der Waals surface area contributed by atoms with Crippen molar-refractivity contribution in [3.8, 4) is 11.5 Å². The summed E-state index contributed by atoms with van der Waals surface area (Å²) in [5, 5.41) is 13.8. The quantitative estimate of drug-likeness (QED) is 0.377. The van der Waals surface area contributed by atoms with Crippen molar-refractivity contribution in [2.24, 2.45) is 0 Å². The van der Waals surface area contributed by atoms with Crippen LogP contribution in [0.25, 0.3) is 0 Å². The van der Waals surface area contributed by atoms with Gasteiger partial charge in [0.25, 0.3) is 0 Å². The van der Waals surface area contributed by atoms with Gasteiger partial charge in [-0.05, 0) is 50.5 Å². The lowest BCUT2D eigenvalue weighted by Gasteiger charge is -2.32. The average molecular weight is 525 g/mol. The molecule has 1 atom stereocenters. The zero-order chi connectivity index (χ0) is 25.5. The van der Waals surface area contributed by atoms with Gasteiger partial charge >= 0.3 is 0 Å². The Morgan fingerprint density at radius 1 is 0.892 bits per heavy atom. The van der Waals surface area contributed by atoms with E-state index in [0.717, 1.165) is 22.4 Å². The number of nitrogens with zero attached hydrogens (tertiary/aromatic N) is 1. The van der Waals surface area contributed by atoms with Crippen molar-refractivity contribution < 1.29 is 19.4 Å². The van der Waals surface area contributed by atoms with Crippen LogP contribution in [0, 0.1) is 0 Å². The highest BCUT2D eigenvalue weighted by atomic mass is 35.5. The molecule has 1 aliphatic heterocycles. The van der Waals surface area contributed by atoms with E-state index in [1.165, 1.54) is 0 Å². The number of carbonyl (C=O) groups excluding carboxylic acids is 1. The number of hydrogen-bond donors (Lipinski definition) is 2. The summed E-state index contributed by atoms with van der Waals surface area (Å²) in [6.07, 6.45) is 0.305. The van der Waals surface area contributed by atoms with Gasteiger partial charge < -0.3 is 24.8 Å². The molecule has 0 aliphatic carbocycles. The molecule has 0 saturated heterocycles. The number of amides is 1. The van der Waals surface area contributed by atoms with E-state index in [2.05, 4.69) is 26.1 Å². The smallest absolute Gasteiger partial charge is 0.227 e. The lowest BCUT2D eigenvalue weighted by molar-refractivity contribution is -0.119. The Kier molecular flexibility index (Phi) is 9.98. The minimum absolute atomic E-state index is 0. The molecule has 3 aromatic carbocycles. The molecule has 1 unspecified atom stereocenters. The van der Waals surface area contributed by atoms with E-state index in [1.54, 1.807) is 4.90 Å². The van der Waals surface area contributed by atoms with E-state index < -0.39 is 6.10 Å². The third kappa shape index (κ3) is 7.96. The van der Waals surface area contributed by atoms with Gasteiger partial charge in [0.2, 0.25) is 5.91 Å². The second-order valence-electron chi connectivity index (χ2n) is 10.2. The van der Waals surface area contributed by atoms with Crippen molar-refractivity contribution in [3.05, 3.63) is 89.5 Å². The number of benzene rings is 3. The number of aliphatic hydroxyl groups excluding tert-OH is 1. The predicted octanol–water partition coefficient (Wildman–Crippen LogP) is 5.29. The Hall–Kier alpha value is -3.06. The fourth-order valence-electron chi connectivity index (χ4n) is 4.21. The van der Waals surface area contributed by atoms with Crippen LogP contribution >= 0.6 is 12.4 Å². The van der Waals surface area contributed by atoms with Gasteiger partial charge in [0, 0.05) is 24.1 Å². The molecule has 7 heteroatoms. The zero-order valence-electron chi connectivity index (χ0n) is 21.8. The van der Waals surface area contributed by atoms with Gasteiger partial charge in [0.05, 0.1) is 12.2 Å². The first-order valence-corrected chi connectivity index (χ1v) is 12.5. The Balaban J connectivity index is 0.00000380. The van der Waals surface area contributed by atoms with Crippen LogP contribution in [0.5, 0.6) is 11.5 Å². The van der Waals surface area contributed by atoms with E-state index in [-0.39, 0.29) is 30.5 Å². The molecule has 3 aromatic rings. The maximum atomic E-state index is 13.1. The minimum Gasteiger partial charge on any atom is -0.490 e. The number of halogens is 1. The first-order chi connectivity index (χ1) is 17.3. The maximum absolute atomic E-state index is 13.1. The molecule has 0 radical (unpaired) electrons. The lowest BCUT2D eigenvalue weighted by atomic mass is 9.98. The first kappa shape index (κ1) is 28.5. The number of fused-ring (bicyclic) bond motifs is 1. The van der Waals surface area contributed by atoms with Crippen LogP contribution in [0.4, 0.5) is 5.69 Å². The predicted molar refractivity (Wildman–Crippen MR) is 150 cm³/mol. The summed E-state index contributed by atoms with van der Waals surface area (Å²) < 4.78 is 12.4. The van der Waals surface area contributed by atoms with Crippen LogP contribution in [-0.2, 0) is 24.4 Å². The van der Waals surface area contributed by atoms with Crippen molar-refractivity contribution in [2.45, 2.75) is 58.4 Å². The number of carbonyl (C=O) groups is 1. The van der Waals surface area contributed by atoms with Gasteiger partial charge in [-0.3, -0.25) is 4.79 Å². The SMILES string of the molecule is CC(C)(C)NCC(O)COc1ccc(OCc2ccccc2)c2c1CCC(=O)N2Cc1ccccc1.Cl. The van der Waals surface area contributed by atoms with Gasteiger partial charge in [-0.25, -0.2) is 0 Å². The van der Waals surface area contributed by atoms with E-state index in [4.69, 9.17) is 9.47 Å². The van der Waals surface area contributed by atoms with Crippen molar-refractivity contribution in [1.82, 2.24) is 5.32 Å². The van der Waals surface area contributed by atoms with E-state index >= 15 is 0 Å². The van der Waals surface area contributed by atoms with Crippen LogP contribution < -0.4 is 19.7 Å². The van der Waals surface area contributed by atoms with Gasteiger partial charge in [0.1, 0.15) is 30.8 Å². The van der Waals surface area contributed by atoms with Crippen LogP contribution in [-0.4, -0.2) is 35.8 Å². The van der Waals surface area contributed by atoms with Crippen LogP contribution in [0.3, 0.4) is 0 Å². The molecule has 0 aromatic heterocycles. The highest BCUT2D eigenvalue weighted by Crippen LogP contribution is 2.43. The number of rotatable bonds is 10. The minimum atomic E-state index is -0.653. The van der Waals surface area contributed by atoms with Crippen molar-refractivity contribution >= 4 is 24.0 Å². The highest BCUT2D eigenvalue weighted by molar-refractivity contribution is 5.98. The Labute approximate surface area is 226 Å². The topological polar surface area (TPSA) is 71.0 Å². The summed E-state index contributed by atoms with van der Waals surface area (Å²) >= 11 is 0. The molecule has 0 fully saturated rings. The Bertz CT molecular complexity index is 1150. The molecule has 37 heavy (non-hydrogen) atoms. The lowest BCUT2D eigenvalue weighted by Crippen LogP contribution is -2.42. The third-order valence-corrected chi connectivity index (χ3v) is 6.08. The van der Waals surface area contributed by atoms with Gasteiger partial charge in [-0.1, -0.05) is 60.7 Å². The summed E-state index contributed by atoms with van der Waals surface area (Å²) in [6.45, 7) is 7.62. The summed E-state index contributed by atoms with van der Waals surface area (Å²) in [6, 6.07) is 23.7. The molecule has 0 spiro atoms. The average Bonchev–Trinajstić information content (AvgIpc) is 2.87. The second-order valence-corrected chi connectivity index (χ2v) is 10.2. The van der Waals surface area contributed by atoms with Crippen molar-refractivity contribution in [3.63, 3.8) is 0 Å². The summed E-state index contributed by atoms with van der Waals surface area (Å²) in [4.78, 5) is 14.9. The summed E-state index contributed by atoms with van der Waals surface area (Å²) in [5.74, 6) is 1.39. The molecular formula is C30H37ClN2O4. The second kappa shape index (κ2) is 13.0. The van der Waals surface area contributed by atoms with Gasteiger partial charge in [0.15, 0.2) is 0 Å². The largest absolute Gasteiger partial charge is 0.490 e. The summed E-state index contributed by atoms with van der Waals surface area (Å²) in [5.41, 5.74) is 3.70. The molecule has 198 valence electrons. The fourth-order valence-corrected chi connectivity index (χ4v) is 4.21. The monoisotopic (exact) mass is 524 g/mol. The number of ether oxygens (including phenoxy) is 2. The molecule has 2 N–H and O–H groups in total. The number of β-amino-alcohol motifs (C(OH)–C–C–N with tert-alkyl or cyclic N) is 1. The molecule has 1 aliphatic rings. The number of nitrogens with one attached hydrogen (secondary N) is 1. The van der Waals surface area contributed by atoms with Crippen LogP contribution in [0.2, 0.25) is 0 Å². The Morgan fingerprint density at radius 2 is 1.51 bits per heavy atom. The molecule has 0 saturated carbocycles. The standard InChI is InChI=1S/C30H36N2O4.ClH/c1-30(2,3)31-18-24(33)21-36-26-15-16-27(35-20-23-12-8-5-9-13-23)29-25(26)14-17-28(34)32(29)19-22-10-6-4-7-11-22;/h4-13,15-16,24,31,33H,14,17-21H2,1-3H3;1H. The highest BCUT2D eigenvalue weighted by Gasteiger charge is 2.30. The zero-order valence-corrected chi connectivity index (χ0v) is 22.6. The fraction of sp³-hybridized carbons (Fsp3) is 0.367. The number of hydrogen-bond acceptors (Lipinski definition) is 5. The number of aliphatic hydroxyl groups is 1. The molecule has 1 heterocycles. The van der Waals surface area contributed by atoms with Crippen LogP contribution in [0.1, 0.15) is 43.9 Å². The molecule has 1 amide bonds. The van der Waals surface area contributed by atoms with E-state index in [0.29, 0.717) is 44.0 Å². The Morgan fingerprint density at radius 3 is 2.16 bits per heavy atom. The van der Waals surface area contributed by atoms with E-state index in [1.807, 2.05) is 72.8 Å². The molecule has 4 rings (SSSR count).